The van der Waals surface area contributed by atoms with E-state index >= 15 is 0 Å². The van der Waals surface area contributed by atoms with Gasteiger partial charge in [-0.05, 0) is 43.7 Å². The fourth-order valence-corrected chi connectivity index (χ4v) is 2.14. The zero-order chi connectivity index (χ0) is 14.7. The molecule has 1 atom stereocenters. The molecule has 20 heavy (non-hydrogen) atoms. The topological polar surface area (TPSA) is 23.5 Å². The van der Waals surface area contributed by atoms with Gasteiger partial charge in [-0.1, -0.05) is 18.2 Å². The minimum absolute atomic E-state index is 0.294. The Morgan fingerprint density at radius 1 is 1.05 bits per heavy atom. The number of hydrogen-bond acceptors (Lipinski definition) is 2. The Hall–Kier alpha value is -1.94. The Bertz CT molecular complexity index is 599. The number of aliphatic hydroxyl groups excluding tert-OH is 1. The molecular weight excluding hydrogens is 260 g/mol. The molecular formula is C16H17F2NO. The molecule has 4 heteroatoms. The zero-order valence-corrected chi connectivity index (χ0v) is 11.5. The number of aliphatic hydroxyl groups is 1. The third kappa shape index (κ3) is 2.80. The zero-order valence-electron chi connectivity index (χ0n) is 11.5. The molecule has 0 fully saturated rings. The monoisotopic (exact) mass is 277 g/mol. The number of halogens is 2. The molecule has 0 radical (unpaired) electrons. The van der Waals surface area contributed by atoms with E-state index in [1.165, 1.54) is 12.1 Å². The van der Waals surface area contributed by atoms with Crippen molar-refractivity contribution in [1.29, 1.82) is 0 Å². The summed E-state index contributed by atoms with van der Waals surface area (Å²) in [7, 11) is 0. The molecule has 0 aliphatic rings. The summed E-state index contributed by atoms with van der Waals surface area (Å²) in [6.45, 7) is 3.84. The molecule has 0 aliphatic carbocycles. The molecule has 0 bridgehead atoms. The summed E-state index contributed by atoms with van der Waals surface area (Å²) in [6.07, 6.45) is -0.734. The summed E-state index contributed by atoms with van der Waals surface area (Å²) < 4.78 is 28.0. The highest BCUT2D eigenvalue weighted by Gasteiger charge is 2.16. The van der Waals surface area contributed by atoms with Crippen LogP contribution in [-0.2, 0) is 0 Å². The second-order valence-corrected chi connectivity index (χ2v) is 4.58. The van der Waals surface area contributed by atoms with Crippen molar-refractivity contribution in [3.8, 4) is 0 Å². The van der Waals surface area contributed by atoms with E-state index in [1.807, 2.05) is 6.92 Å². The number of nitrogens with zero attached hydrogens (tertiary/aromatic N) is 1. The smallest absolute Gasteiger partial charge is 0.147 e. The summed E-state index contributed by atoms with van der Waals surface area (Å²) in [5, 5.41) is 9.46. The first-order chi connectivity index (χ1) is 9.54. The normalized spacial score (nSPS) is 12.2. The predicted molar refractivity (Wildman–Crippen MR) is 76.1 cm³/mol. The van der Waals surface area contributed by atoms with Gasteiger partial charge in [-0.2, -0.15) is 0 Å². The van der Waals surface area contributed by atoms with E-state index in [0.29, 0.717) is 23.5 Å². The summed E-state index contributed by atoms with van der Waals surface area (Å²) in [4.78, 5) is 1.57. The van der Waals surface area contributed by atoms with E-state index < -0.39 is 17.7 Å². The molecule has 0 saturated carbocycles. The van der Waals surface area contributed by atoms with Gasteiger partial charge in [0.2, 0.25) is 0 Å². The first kappa shape index (κ1) is 14.5. The van der Waals surface area contributed by atoms with Crippen LogP contribution in [0.3, 0.4) is 0 Å². The SMILES string of the molecule is CCN(c1ccccc1F)c1ccc([C@@H](C)O)cc1F. The third-order valence-corrected chi connectivity index (χ3v) is 3.20. The van der Waals surface area contributed by atoms with Gasteiger partial charge < -0.3 is 10.0 Å². The van der Waals surface area contributed by atoms with Crippen LogP contribution in [-0.4, -0.2) is 11.7 Å². The molecule has 2 aromatic rings. The molecule has 0 amide bonds. The van der Waals surface area contributed by atoms with Crippen LogP contribution in [0.25, 0.3) is 0 Å². The van der Waals surface area contributed by atoms with Gasteiger partial charge in [-0.15, -0.1) is 0 Å². The van der Waals surface area contributed by atoms with Gasteiger partial charge in [0.05, 0.1) is 17.5 Å². The maximum atomic E-state index is 14.2. The van der Waals surface area contributed by atoms with E-state index in [4.69, 9.17) is 0 Å². The summed E-state index contributed by atoms with van der Waals surface area (Å²) in [6, 6.07) is 10.8. The Morgan fingerprint density at radius 3 is 2.25 bits per heavy atom. The number of anilines is 2. The summed E-state index contributed by atoms with van der Waals surface area (Å²) in [5.41, 5.74) is 1.12. The Morgan fingerprint density at radius 2 is 1.70 bits per heavy atom. The van der Waals surface area contributed by atoms with Crippen molar-refractivity contribution in [2.24, 2.45) is 0 Å². The molecule has 2 nitrogen and oxygen atoms in total. The average Bonchev–Trinajstić information content (AvgIpc) is 2.43. The molecule has 1 N–H and O–H groups in total. The Labute approximate surface area is 117 Å². The highest BCUT2D eigenvalue weighted by atomic mass is 19.1. The molecule has 0 aliphatic heterocycles. The van der Waals surface area contributed by atoms with Crippen molar-refractivity contribution in [2.75, 3.05) is 11.4 Å². The first-order valence-electron chi connectivity index (χ1n) is 6.54. The lowest BCUT2D eigenvalue weighted by Crippen LogP contribution is -2.18. The highest BCUT2D eigenvalue weighted by molar-refractivity contribution is 5.64. The first-order valence-corrected chi connectivity index (χ1v) is 6.54. The van der Waals surface area contributed by atoms with Crippen LogP contribution in [0, 0.1) is 11.6 Å². The maximum absolute atomic E-state index is 14.2. The van der Waals surface area contributed by atoms with Gasteiger partial charge in [-0.3, -0.25) is 0 Å². The second-order valence-electron chi connectivity index (χ2n) is 4.58. The lowest BCUT2D eigenvalue weighted by Gasteiger charge is -2.24. The van der Waals surface area contributed by atoms with Crippen LogP contribution >= 0.6 is 0 Å². The molecule has 0 aromatic heterocycles. The van der Waals surface area contributed by atoms with E-state index in [0.717, 1.165) is 0 Å². The minimum Gasteiger partial charge on any atom is -0.389 e. The standard InChI is InChI=1S/C16H17F2NO/c1-3-19(15-7-5-4-6-13(15)17)16-9-8-12(11(2)20)10-14(16)18/h4-11,20H,3H2,1-2H3/t11-/m1/s1. The van der Waals surface area contributed by atoms with Crippen molar-refractivity contribution in [3.63, 3.8) is 0 Å². The largest absolute Gasteiger partial charge is 0.389 e. The van der Waals surface area contributed by atoms with Crippen LogP contribution < -0.4 is 4.90 Å². The van der Waals surface area contributed by atoms with Gasteiger partial charge in [0.15, 0.2) is 0 Å². The van der Waals surface area contributed by atoms with Crippen LogP contribution in [0.1, 0.15) is 25.5 Å². The Kier molecular flexibility index (Phi) is 4.35. The highest BCUT2D eigenvalue weighted by Crippen LogP contribution is 2.31. The predicted octanol–water partition coefficient (Wildman–Crippen LogP) is 4.18. The molecule has 0 spiro atoms. The van der Waals surface area contributed by atoms with E-state index in [1.54, 1.807) is 42.2 Å². The molecule has 0 saturated heterocycles. The molecule has 2 aromatic carbocycles. The molecule has 0 heterocycles. The lowest BCUT2D eigenvalue weighted by atomic mass is 10.1. The van der Waals surface area contributed by atoms with Gasteiger partial charge in [0.25, 0.3) is 0 Å². The van der Waals surface area contributed by atoms with Crippen molar-refractivity contribution in [1.82, 2.24) is 0 Å². The number of benzene rings is 2. The quantitative estimate of drug-likeness (QED) is 0.906. The molecule has 0 unspecified atom stereocenters. The van der Waals surface area contributed by atoms with Crippen molar-refractivity contribution in [3.05, 3.63) is 59.7 Å². The van der Waals surface area contributed by atoms with Crippen LogP contribution in [0.2, 0.25) is 0 Å². The number of para-hydroxylation sites is 1. The van der Waals surface area contributed by atoms with Crippen LogP contribution in [0.15, 0.2) is 42.5 Å². The molecule has 106 valence electrons. The van der Waals surface area contributed by atoms with E-state index in [9.17, 15) is 13.9 Å². The average molecular weight is 277 g/mol. The van der Waals surface area contributed by atoms with E-state index in [2.05, 4.69) is 0 Å². The molecule has 2 rings (SSSR count). The lowest BCUT2D eigenvalue weighted by molar-refractivity contribution is 0.199. The maximum Gasteiger partial charge on any atom is 0.147 e. The van der Waals surface area contributed by atoms with Crippen LogP contribution in [0.5, 0.6) is 0 Å². The second kappa shape index (κ2) is 6.01. The van der Waals surface area contributed by atoms with Gasteiger partial charge in [0, 0.05) is 6.54 Å². The van der Waals surface area contributed by atoms with Gasteiger partial charge >= 0.3 is 0 Å². The van der Waals surface area contributed by atoms with Crippen LogP contribution in [0.4, 0.5) is 20.2 Å². The summed E-state index contributed by atoms with van der Waals surface area (Å²) >= 11 is 0. The van der Waals surface area contributed by atoms with Crippen molar-refractivity contribution >= 4 is 11.4 Å². The van der Waals surface area contributed by atoms with E-state index in [-0.39, 0.29) is 0 Å². The summed E-state index contributed by atoms with van der Waals surface area (Å²) in [5.74, 6) is -0.873. The van der Waals surface area contributed by atoms with Crippen molar-refractivity contribution < 1.29 is 13.9 Å². The Balaban J connectivity index is 2.45. The third-order valence-electron chi connectivity index (χ3n) is 3.20. The minimum atomic E-state index is -0.734. The fraction of sp³-hybridized carbons (Fsp3) is 0.250. The van der Waals surface area contributed by atoms with Crippen molar-refractivity contribution in [2.45, 2.75) is 20.0 Å². The number of hydrogen-bond donors (Lipinski definition) is 1. The van der Waals surface area contributed by atoms with Gasteiger partial charge in [-0.25, -0.2) is 8.78 Å². The number of rotatable bonds is 4. The fourth-order valence-electron chi connectivity index (χ4n) is 2.14. The van der Waals surface area contributed by atoms with Gasteiger partial charge in [0.1, 0.15) is 11.6 Å².